The number of benzene rings is 1. The van der Waals surface area contributed by atoms with E-state index in [4.69, 9.17) is 0 Å². The van der Waals surface area contributed by atoms with Crippen LogP contribution in [-0.4, -0.2) is 54.5 Å². The average Bonchev–Trinajstić information content (AvgIpc) is 3.26. The lowest BCUT2D eigenvalue weighted by molar-refractivity contribution is -0.122. The van der Waals surface area contributed by atoms with E-state index in [1.165, 1.54) is 44.3 Å². The molecule has 1 saturated carbocycles. The summed E-state index contributed by atoms with van der Waals surface area (Å²) in [7, 11) is -4.15. The van der Waals surface area contributed by atoms with Gasteiger partial charge in [-0.05, 0) is 56.2 Å². The molecule has 1 aromatic heterocycles. The highest BCUT2D eigenvalue weighted by molar-refractivity contribution is 7.91. The number of sulfonamides is 1. The molecule has 40 heavy (non-hydrogen) atoms. The van der Waals surface area contributed by atoms with Crippen molar-refractivity contribution >= 4 is 50.4 Å². The van der Waals surface area contributed by atoms with Crippen LogP contribution in [0.1, 0.15) is 43.9 Å². The van der Waals surface area contributed by atoms with Crippen LogP contribution in [-0.2, 0) is 31.0 Å². The van der Waals surface area contributed by atoms with Crippen LogP contribution in [0.25, 0.3) is 0 Å². The number of amides is 3. The van der Waals surface area contributed by atoms with Crippen molar-refractivity contribution in [2.45, 2.75) is 55.8 Å². The minimum Gasteiger partial charge on any atom is -0.501 e. The van der Waals surface area contributed by atoms with E-state index < -0.39 is 50.6 Å². The lowest BCUT2D eigenvalue weighted by Crippen LogP contribution is -2.52. The number of aliphatic imine (C=N–C) groups is 1. The van der Waals surface area contributed by atoms with Crippen molar-refractivity contribution in [3.05, 3.63) is 52.8 Å². The molecule has 0 saturated heterocycles. The molecule has 1 aromatic carbocycles. The van der Waals surface area contributed by atoms with Gasteiger partial charge in [0.05, 0.1) is 11.2 Å². The molecule has 3 amide bonds. The Morgan fingerprint density at radius 2 is 1.90 bits per heavy atom. The topological polar surface area (TPSA) is 179 Å². The average molecular weight is 593 g/mol. The van der Waals surface area contributed by atoms with Gasteiger partial charge in [0.25, 0.3) is 21.8 Å². The molecule has 1 fully saturated rings. The van der Waals surface area contributed by atoms with E-state index in [-0.39, 0.29) is 34.0 Å². The number of halogens is 1. The first-order chi connectivity index (χ1) is 18.9. The fourth-order valence-electron chi connectivity index (χ4n) is 4.52. The summed E-state index contributed by atoms with van der Waals surface area (Å²) in [5.41, 5.74) is -1.05. The number of carbonyl (C=O) groups excluding carboxylic acids is 3. The van der Waals surface area contributed by atoms with Gasteiger partial charge < -0.3 is 21.1 Å². The Morgan fingerprint density at radius 3 is 2.55 bits per heavy atom. The Kier molecular flexibility index (Phi) is 8.65. The van der Waals surface area contributed by atoms with Gasteiger partial charge in [0.15, 0.2) is 15.0 Å². The highest BCUT2D eigenvalue weighted by atomic mass is 32.2. The number of thiazole rings is 1. The summed E-state index contributed by atoms with van der Waals surface area (Å²) in [6.07, 6.45) is 2.98. The van der Waals surface area contributed by atoms with Crippen molar-refractivity contribution in [1.29, 1.82) is 0 Å². The van der Waals surface area contributed by atoms with E-state index in [1.54, 1.807) is 0 Å². The highest BCUT2D eigenvalue weighted by Crippen LogP contribution is 2.35. The molecule has 214 valence electrons. The summed E-state index contributed by atoms with van der Waals surface area (Å²) in [6.45, 7) is 2.99. The molecule has 5 rings (SSSR count). The number of fused-ring (bicyclic) bond motifs is 6. The first-order valence-corrected chi connectivity index (χ1v) is 14.8. The fourth-order valence-corrected chi connectivity index (χ4v) is 7.38. The summed E-state index contributed by atoms with van der Waals surface area (Å²) in [4.78, 5) is 45.3. The first-order valence-electron chi connectivity index (χ1n) is 12.5. The van der Waals surface area contributed by atoms with Crippen LogP contribution < -0.4 is 20.7 Å². The second kappa shape index (κ2) is 11.8. The van der Waals surface area contributed by atoms with Crippen LogP contribution >= 0.6 is 11.3 Å². The lowest BCUT2D eigenvalue weighted by atomic mass is 9.77. The molecule has 3 heterocycles. The van der Waals surface area contributed by atoms with Gasteiger partial charge in [-0.3, -0.25) is 14.4 Å². The van der Waals surface area contributed by atoms with Crippen molar-refractivity contribution in [3.8, 4) is 0 Å². The number of aromatic nitrogens is 1. The van der Waals surface area contributed by atoms with Crippen LogP contribution in [0.3, 0.4) is 0 Å². The van der Waals surface area contributed by atoms with Crippen LogP contribution in [0.4, 0.5) is 9.52 Å². The minimum absolute atomic E-state index is 0.0214. The van der Waals surface area contributed by atoms with Crippen molar-refractivity contribution in [2.24, 2.45) is 10.9 Å². The number of aliphatic hydroxyl groups is 1. The molecule has 0 atom stereocenters. The molecule has 2 aliphatic heterocycles. The normalized spacial score (nSPS) is 24.1. The summed E-state index contributed by atoms with van der Waals surface area (Å²) in [6, 6.07) is 5.40. The molecule has 2 bridgehead atoms. The Hall–Kier alpha value is -3.69. The van der Waals surface area contributed by atoms with E-state index in [0.717, 1.165) is 11.3 Å². The van der Waals surface area contributed by atoms with Crippen molar-refractivity contribution in [1.82, 2.24) is 20.3 Å². The van der Waals surface area contributed by atoms with Gasteiger partial charge in [-0.2, -0.15) is 4.72 Å². The van der Waals surface area contributed by atoms with Crippen LogP contribution in [0.2, 0.25) is 0 Å². The Bertz CT molecular complexity index is 1480. The molecule has 2 aromatic rings. The Morgan fingerprint density at radius 1 is 1.23 bits per heavy atom. The summed E-state index contributed by atoms with van der Waals surface area (Å²) >= 11 is 0.807. The number of hydrogen-bond acceptors (Lipinski definition) is 9. The monoisotopic (exact) mass is 592 g/mol. The smallest absolute Gasteiger partial charge is 0.288 e. The molecule has 1 aliphatic carbocycles. The second-order valence-electron chi connectivity index (χ2n) is 9.75. The van der Waals surface area contributed by atoms with Gasteiger partial charge in [0.2, 0.25) is 11.7 Å². The van der Waals surface area contributed by atoms with E-state index >= 15 is 0 Å². The summed E-state index contributed by atoms with van der Waals surface area (Å²) in [5, 5.41) is 18.4. The summed E-state index contributed by atoms with van der Waals surface area (Å²) in [5.74, 6) is -3.48. The van der Waals surface area contributed by atoms with Crippen molar-refractivity contribution in [2.75, 3.05) is 11.9 Å². The van der Waals surface area contributed by atoms with Gasteiger partial charge in [-0.25, -0.2) is 22.8 Å². The molecule has 12 nitrogen and oxygen atoms in total. The zero-order valence-electron chi connectivity index (χ0n) is 21.8. The maximum absolute atomic E-state index is 13.5. The molecular weight excluding hydrogens is 563 g/mol. The number of hydrogen-bond donors (Lipinski definition) is 5. The predicted octanol–water partition coefficient (Wildman–Crippen LogP) is 2.04. The lowest BCUT2D eigenvalue weighted by Gasteiger charge is -2.37. The molecule has 5 N–H and O–H groups in total. The van der Waals surface area contributed by atoms with Crippen LogP contribution in [0.15, 0.2) is 44.9 Å². The third-order valence-electron chi connectivity index (χ3n) is 6.63. The summed E-state index contributed by atoms with van der Waals surface area (Å²) < 4.78 is 42.8. The quantitative estimate of drug-likeness (QED) is 0.326. The Balaban J connectivity index is 1.64. The third-order valence-corrected chi connectivity index (χ3v) is 9.86. The molecule has 3 aliphatic rings. The number of nitrogens with one attached hydrogen (secondary N) is 4. The number of anilines is 1. The van der Waals surface area contributed by atoms with Gasteiger partial charge in [-0.1, -0.05) is 23.5 Å². The van der Waals surface area contributed by atoms with E-state index in [0.29, 0.717) is 31.2 Å². The standard InChI is InChI=1S/C25H29FN6O6S2/c1-14-23(39-24(30-14)31-15(2)33)40(37,38)32-25-9-7-17(8-10-25)12-28-22(36)20(34)19(29-13-25)21(35)27-11-16-3-5-18(26)6-4-16/h3-6,13,17,32,34H,7-12H2,1-2H3,(H,27,35)(H,28,36)(H,30,31,33)/b20-19+,29-13+. The second-order valence-corrected chi connectivity index (χ2v) is 12.6. The maximum atomic E-state index is 13.5. The SMILES string of the molecule is CC(=O)Nc1nc(C)c(S(=O)(=O)NC23/C=N/C(C(=O)NCc4ccc(F)cc4)=C(/O)C(=O)NCC(CC2)CC3)s1. The van der Waals surface area contributed by atoms with Gasteiger partial charge in [0.1, 0.15) is 5.82 Å². The molecular formula is C25H29FN6O6S2. The van der Waals surface area contributed by atoms with Gasteiger partial charge >= 0.3 is 0 Å². The molecule has 0 unspecified atom stereocenters. The zero-order valence-corrected chi connectivity index (χ0v) is 23.4. The molecule has 0 radical (unpaired) electrons. The number of aryl methyl sites for hydroxylation is 1. The van der Waals surface area contributed by atoms with E-state index in [2.05, 4.69) is 30.6 Å². The third kappa shape index (κ3) is 6.89. The van der Waals surface area contributed by atoms with Crippen LogP contribution in [0, 0.1) is 18.7 Å². The minimum atomic E-state index is -4.15. The van der Waals surface area contributed by atoms with Gasteiger partial charge in [-0.15, -0.1) is 0 Å². The molecule has 0 spiro atoms. The maximum Gasteiger partial charge on any atom is 0.288 e. The van der Waals surface area contributed by atoms with E-state index in [9.17, 15) is 32.3 Å². The number of nitrogens with zero attached hydrogens (tertiary/aromatic N) is 2. The zero-order chi connectivity index (χ0) is 29.1. The van der Waals surface area contributed by atoms with Crippen molar-refractivity contribution < 1.29 is 32.3 Å². The van der Waals surface area contributed by atoms with E-state index in [1.807, 2.05) is 0 Å². The fraction of sp³-hybridized carbons (Fsp3) is 0.400. The van der Waals surface area contributed by atoms with Gasteiger partial charge in [0, 0.05) is 26.2 Å². The Labute approximate surface area is 234 Å². The number of carbonyl (C=O) groups is 3. The number of rotatable bonds is 7. The van der Waals surface area contributed by atoms with Crippen LogP contribution in [0.5, 0.6) is 0 Å². The first kappa shape index (κ1) is 29.3. The highest BCUT2D eigenvalue weighted by Gasteiger charge is 2.40. The van der Waals surface area contributed by atoms with Crippen molar-refractivity contribution in [3.63, 3.8) is 0 Å². The largest absolute Gasteiger partial charge is 0.501 e. The predicted molar refractivity (Wildman–Crippen MR) is 146 cm³/mol. The molecule has 15 heteroatoms. The number of aliphatic hydroxyl groups excluding tert-OH is 1.